The number of carbonyl (C=O) groups excluding carboxylic acids is 1. The molecule has 0 N–H and O–H groups in total. The van der Waals surface area contributed by atoms with Gasteiger partial charge < -0.3 is 4.74 Å². The molecule has 0 aliphatic carbocycles. The van der Waals surface area contributed by atoms with Crippen molar-refractivity contribution in [3.63, 3.8) is 0 Å². The topological polar surface area (TPSA) is 26.3 Å². The summed E-state index contributed by atoms with van der Waals surface area (Å²) in [4.78, 5) is 12.3. The van der Waals surface area contributed by atoms with Crippen molar-refractivity contribution < 1.29 is 13.9 Å². The number of hydrogen-bond donors (Lipinski definition) is 0. The molecule has 0 atom stereocenters. The largest absolute Gasteiger partial charge is 0.496 e. The average molecular weight is 258 g/mol. The third-order valence-electron chi connectivity index (χ3n) is 2.96. The fraction of sp³-hybridized carbons (Fsp3) is 0.188. The fourth-order valence-electron chi connectivity index (χ4n) is 1.95. The second-order valence-corrected chi connectivity index (χ2v) is 4.40. The third kappa shape index (κ3) is 2.99. The number of rotatable bonds is 4. The van der Waals surface area contributed by atoms with Crippen LogP contribution in [0.25, 0.3) is 0 Å². The molecule has 0 unspecified atom stereocenters. The van der Waals surface area contributed by atoms with Crippen LogP contribution < -0.4 is 4.74 Å². The van der Waals surface area contributed by atoms with Crippen LogP contribution in [-0.2, 0) is 6.42 Å². The molecule has 2 nitrogen and oxygen atoms in total. The Balaban J connectivity index is 2.30. The van der Waals surface area contributed by atoms with Crippen molar-refractivity contribution in [2.75, 3.05) is 7.11 Å². The summed E-state index contributed by atoms with van der Waals surface area (Å²) in [6.07, 6.45) is 0.0342. The molecule has 2 aromatic rings. The highest BCUT2D eigenvalue weighted by Gasteiger charge is 2.14. The smallest absolute Gasteiger partial charge is 0.171 e. The summed E-state index contributed by atoms with van der Waals surface area (Å²) >= 11 is 0. The van der Waals surface area contributed by atoms with Gasteiger partial charge in [0.2, 0.25) is 0 Å². The summed E-state index contributed by atoms with van der Waals surface area (Å²) in [6, 6.07) is 11.7. The zero-order valence-electron chi connectivity index (χ0n) is 10.9. The summed E-state index contributed by atoms with van der Waals surface area (Å²) in [5, 5.41) is 0. The van der Waals surface area contributed by atoms with Crippen molar-refractivity contribution in [1.82, 2.24) is 0 Å². The van der Waals surface area contributed by atoms with E-state index in [9.17, 15) is 9.18 Å². The van der Waals surface area contributed by atoms with E-state index in [1.165, 1.54) is 13.2 Å². The lowest BCUT2D eigenvalue weighted by Gasteiger charge is -2.09. The summed E-state index contributed by atoms with van der Waals surface area (Å²) in [7, 11) is 1.52. The summed E-state index contributed by atoms with van der Waals surface area (Å²) < 4.78 is 18.7. The molecular weight excluding hydrogens is 243 g/mol. The van der Waals surface area contributed by atoms with E-state index >= 15 is 0 Å². The van der Waals surface area contributed by atoms with Crippen molar-refractivity contribution in [3.8, 4) is 5.75 Å². The molecule has 0 amide bonds. The van der Waals surface area contributed by atoms with Gasteiger partial charge in [0.1, 0.15) is 11.6 Å². The van der Waals surface area contributed by atoms with Crippen molar-refractivity contribution in [1.29, 1.82) is 0 Å². The van der Waals surface area contributed by atoms with Crippen LogP contribution in [-0.4, -0.2) is 12.9 Å². The van der Waals surface area contributed by atoms with Crippen molar-refractivity contribution in [2.24, 2.45) is 0 Å². The predicted octanol–water partition coefficient (Wildman–Crippen LogP) is 3.57. The number of halogens is 1. The van der Waals surface area contributed by atoms with Gasteiger partial charge >= 0.3 is 0 Å². The molecular formula is C16H15FO2. The first-order valence-corrected chi connectivity index (χ1v) is 6.03. The van der Waals surface area contributed by atoms with Gasteiger partial charge in [0.05, 0.1) is 12.7 Å². The molecule has 0 spiro atoms. The van der Waals surface area contributed by atoms with Crippen LogP contribution in [0.2, 0.25) is 0 Å². The van der Waals surface area contributed by atoms with Gasteiger partial charge in [-0.05, 0) is 30.7 Å². The lowest BCUT2D eigenvalue weighted by molar-refractivity contribution is 0.0989. The van der Waals surface area contributed by atoms with Crippen LogP contribution in [0.4, 0.5) is 4.39 Å². The second-order valence-electron chi connectivity index (χ2n) is 4.40. The Labute approximate surface area is 111 Å². The highest BCUT2D eigenvalue weighted by molar-refractivity contribution is 6.00. The second kappa shape index (κ2) is 5.65. The molecule has 0 aromatic heterocycles. The van der Waals surface area contributed by atoms with Crippen LogP contribution in [0.3, 0.4) is 0 Å². The van der Waals surface area contributed by atoms with E-state index in [2.05, 4.69) is 0 Å². The minimum atomic E-state index is -0.359. The van der Waals surface area contributed by atoms with Crippen LogP contribution >= 0.6 is 0 Å². The van der Waals surface area contributed by atoms with Gasteiger partial charge in [0, 0.05) is 6.42 Å². The van der Waals surface area contributed by atoms with E-state index in [1.807, 2.05) is 13.0 Å². The predicted molar refractivity (Wildman–Crippen MR) is 72.2 cm³/mol. The molecule has 0 heterocycles. The molecule has 19 heavy (non-hydrogen) atoms. The molecule has 0 saturated heterocycles. The first-order valence-electron chi connectivity index (χ1n) is 6.03. The molecule has 0 bridgehead atoms. The van der Waals surface area contributed by atoms with E-state index in [4.69, 9.17) is 4.74 Å². The van der Waals surface area contributed by atoms with Crippen LogP contribution in [0, 0.1) is 12.7 Å². The summed E-state index contributed by atoms with van der Waals surface area (Å²) in [5.74, 6) is 0.0139. The van der Waals surface area contributed by atoms with Crippen LogP contribution in [0.5, 0.6) is 5.75 Å². The molecule has 3 heteroatoms. The van der Waals surface area contributed by atoms with Crippen molar-refractivity contribution in [2.45, 2.75) is 13.3 Å². The number of ketones is 1. The maximum Gasteiger partial charge on any atom is 0.171 e. The Morgan fingerprint density at radius 3 is 2.63 bits per heavy atom. The molecule has 0 saturated carbocycles. The quantitative estimate of drug-likeness (QED) is 0.784. The molecule has 0 radical (unpaired) electrons. The van der Waals surface area contributed by atoms with Crippen LogP contribution in [0.1, 0.15) is 21.5 Å². The maximum atomic E-state index is 13.5. The van der Waals surface area contributed by atoms with Gasteiger partial charge in [-0.2, -0.15) is 0 Å². The zero-order chi connectivity index (χ0) is 13.8. The number of Topliss-reactive ketones (excluding diaryl/α,β-unsaturated/α-hetero) is 1. The monoisotopic (exact) mass is 258 g/mol. The van der Waals surface area contributed by atoms with Gasteiger partial charge in [0.25, 0.3) is 0 Å². The SMILES string of the molecule is COc1ccc(C)cc1C(=O)Cc1ccccc1F. The number of methoxy groups -OCH3 is 1. The van der Waals surface area contributed by atoms with Gasteiger partial charge in [-0.25, -0.2) is 4.39 Å². The molecule has 98 valence electrons. The van der Waals surface area contributed by atoms with Crippen molar-refractivity contribution in [3.05, 3.63) is 65.0 Å². The summed E-state index contributed by atoms with van der Waals surface area (Å²) in [5.41, 5.74) is 1.86. The van der Waals surface area contributed by atoms with E-state index in [-0.39, 0.29) is 18.0 Å². The Bertz CT molecular complexity index is 605. The Morgan fingerprint density at radius 1 is 1.21 bits per heavy atom. The van der Waals surface area contributed by atoms with Gasteiger partial charge in [-0.15, -0.1) is 0 Å². The number of ether oxygens (including phenoxy) is 1. The molecule has 2 rings (SSSR count). The number of benzene rings is 2. The van der Waals surface area contributed by atoms with Gasteiger partial charge in [0.15, 0.2) is 5.78 Å². The molecule has 0 aliphatic rings. The van der Waals surface area contributed by atoms with E-state index in [1.54, 1.807) is 30.3 Å². The number of hydrogen-bond acceptors (Lipinski definition) is 2. The first kappa shape index (κ1) is 13.3. The average Bonchev–Trinajstić information content (AvgIpc) is 2.41. The third-order valence-corrected chi connectivity index (χ3v) is 2.96. The highest BCUT2D eigenvalue weighted by atomic mass is 19.1. The lowest BCUT2D eigenvalue weighted by Crippen LogP contribution is -2.07. The lowest BCUT2D eigenvalue weighted by atomic mass is 10.0. The first-order chi connectivity index (χ1) is 9.11. The summed E-state index contributed by atoms with van der Waals surface area (Å²) in [6.45, 7) is 1.90. The highest BCUT2D eigenvalue weighted by Crippen LogP contribution is 2.22. The van der Waals surface area contributed by atoms with E-state index < -0.39 is 0 Å². The standard InChI is InChI=1S/C16H15FO2/c1-11-7-8-16(19-2)13(9-11)15(18)10-12-5-3-4-6-14(12)17/h3-9H,10H2,1-2H3. The zero-order valence-corrected chi connectivity index (χ0v) is 10.9. The minimum absolute atomic E-state index is 0.0342. The van der Waals surface area contributed by atoms with Crippen molar-refractivity contribution >= 4 is 5.78 Å². The Hall–Kier alpha value is -2.16. The minimum Gasteiger partial charge on any atom is -0.496 e. The number of carbonyl (C=O) groups is 1. The molecule has 0 aliphatic heterocycles. The normalized spacial score (nSPS) is 10.3. The maximum absolute atomic E-state index is 13.5. The van der Waals surface area contributed by atoms with E-state index in [0.717, 1.165) is 5.56 Å². The van der Waals surface area contributed by atoms with Gasteiger partial charge in [-0.1, -0.05) is 29.8 Å². The Morgan fingerprint density at radius 2 is 1.95 bits per heavy atom. The van der Waals surface area contributed by atoms with Gasteiger partial charge in [-0.3, -0.25) is 4.79 Å². The fourth-order valence-corrected chi connectivity index (χ4v) is 1.95. The van der Waals surface area contributed by atoms with Crippen LogP contribution in [0.15, 0.2) is 42.5 Å². The molecule has 0 fully saturated rings. The number of aryl methyl sites for hydroxylation is 1. The Kier molecular flexibility index (Phi) is 3.95. The molecule has 2 aromatic carbocycles. The van der Waals surface area contributed by atoms with E-state index in [0.29, 0.717) is 16.9 Å².